The molecule has 0 amide bonds. The molecule has 0 radical (unpaired) electrons. The molecule has 16 heavy (non-hydrogen) atoms. The molecule has 1 aromatic heterocycles. The van der Waals surface area contributed by atoms with Crippen LogP contribution in [0.1, 0.15) is 42.0 Å². The molecule has 3 heteroatoms. The van der Waals surface area contributed by atoms with E-state index in [0.717, 1.165) is 6.54 Å². The highest BCUT2D eigenvalue weighted by Crippen LogP contribution is 2.37. The summed E-state index contributed by atoms with van der Waals surface area (Å²) >= 11 is 1.90. The van der Waals surface area contributed by atoms with Gasteiger partial charge in [0.1, 0.15) is 0 Å². The Kier molecular flexibility index (Phi) is 3.63. The number of aryl methyl sites for hydroxylation is 1. The van der Waals surface area contributed by atoms with Crippen LogP contribution in [-0.2, 0) is 0 Å². The van der Waals surface area contributed by atoms with Gasteiger partial charge >= 0.3 is 0 Å². The molecule has 2 heterocycles. The van der Waals surface area contributed by atoms with Crippen LogP contribution in [0.2, 0.25) is 0 Å². The zero-order chi connectivity index (χ0) is 11.5. The van der Waals surface area contributed by atoms with Gasteiger partial charge in [-0.15, -0.1) is 11.3 Å². The lowest BCUT2D eigenvalue weighted by atomic mass is 10.1. The number of nitrogens with zero attached hydrogens (tertiary/aromatic N) is 2. The van der Waals surface area contributed by atoms with Crippen molar-refractivity contribution in [2.45, 2.75) is 45.2 Å². The van der Waals surface area contributed by atoms with E-state index in [-0.39, 0.29) is 0 Å². The van der Waals surface area contributed by atoms with E-state index in [1.807, 2.05) is 11.3 Å². The Morgan fingerprint density at radius 2 is 2.44 bits per heavy atom. The molecule has 0 aliphatic carbocycles. The smallest absolute Gasteiger partial charge is 0.0638 e. The monoisotopic (exact) mass is 234 g/mol. The van der Waals surface area contributed by atoms with Crippen LogP contribution in [-0.4, -0.2) is 17.5 Å². The summed E-state index contributed by atoms with van der Waals surface area (Å²) in [6.07, 6.45) is 3.15. The lowest BCUT2D eigenvalue weighted by Gasteiger charge is -2.28. The maximum Gasteiger partial charge on any atom is 0.0638 e. The van der Waals surface area contributed by atoms with Gasteiger partial charge in [0.15, 0.2) is 0 Å². The fourth-order valence-corrected chi connectivity index (χ4v) is 3.54. The SMILES string of the molecule is Cc1ccc([C@@H]2CCCN2[C@H](C)CC#N)s1. The topological polar surface area (TPSA) is 27.0 Å². The van der Waals surface area contributed by atoms with Crippen molar-refractivity contribution in [3.8, 4) is 6.07 Å². The van der Waals surface area contributed by atoms with Crippen LogP contribution in [0.25, 0.3) is 0 Å². The maximum atomic E-state index is 8.78. The van der Waals surface area contributed by atoms with Gasteiger partial charge in [0, 0.05) is 21.8 Å². The molecule has 1 fully saturated rings. The third kappa shape index (κ3) is 2.28. The third-order valence-corrected chi connectivity index (χ3v) is 4.44. The van der Waals surface area contributed by atoms with Crippen molar-refractivity contribution in [2.75, 3.05) is 6.54 Å². The van der Waals surface area contributed by atoms with E-state index in [4.69, 9.17) is 5.26 Å². The van der Waals surface area contributed by atoms with Gasteiger partial charge in [-0.05, 0) is 45.4 Å². The Balaban J connectivity index is 2.12. The zero-order valence-corrected chi connectivity index (χ0v) is 10.8. The Labute approximate surface area is 102 Å². The second kappa shape index (κ2) is 4.99. The van der Waals surface area contributed by atoms with Gasteiger partial charge < -0.3 is 0 Å². The van der Waals surface area contributed by atoms with E-state index in [9.17, 15) is 0 Å². The quantitative estimate of drug-likeness (QED) is 0.800. The molecule has 0 N–H and O–H groups in total. The standard InChI is InChI=1S/C13H18N2S/c1-10(7-8-14)15-9-3-4-12(15)13-6-5-11(2)16-13/h5-6,10,12H,3-4,7,9H2,1-2H3/t10-,12+/m1/s1. The van der Waals surface area contributed by atoms with Gasteiger partial charge in [0.05, 0.1) is 12.5 Å². The molecule has 0 unspecified atom stereocenters. The average Bonchev–Trinajstić information content (AvgIpc) is 2.85. The molecule has 2 rings (SSSR count). The van der Waals surface area contributed by atoms with Crippen molar-refractivity contribution in [3.05, 3.63) is 21.9 Å². The van der Waals surface area contributed by atoms with Crippen LogP contribution in [0.5, 0.6) is 0 Å². The minimum absolute atomic E-state index is 0.389. The first kappa shape index (κ1) is 11.6. The van der Waals surface area contributed by atoms with Crippen LogP contribution in [0.4, 0.5) is 0 Å². The van der Waals surface area contributed by atoms with Crippen LogP contribution >= 0.6 is 11.3 Å². The summed E-state index contributed by atoms with van der Waals surface area (Å²) in [6, 6.07) is 7.68. The Morgan fingerprint density at radius 1 is 1.62 bits per heavy atom. The van der Waals surface area contributed by atoms with Crippen LogP contribution in [0.15, 0.2) is 12.1 Å². The molecule has 0 bridgehead atoms. The molecule has 86 valence electrons. The number of rotatable bonds is 3. The van der Waals surface area contributed by atoms with E-state index in [0.29, 0.717) is 18.5 Å². The van der Waals surface area contributed by atoms with E-state index in [2.05, 4.69) is 36.9 Å². The van der Waals surface area contributed by atoms with Crippen molar-refractivity contribution in [1.29, 1.82) is 5.26 Å². The second-order valence-corrected chi connectivity index (χ2v) is 5.88. The van der Waals surface area contributed by atoms with Gasteiger partial charge in [-0.1, -0.05) is 0 Å². The zero-order valence-electron chi connectivity index (χ0n) is 9.94. The molecule has 1 aromatic rings. The van der Waals surface area contributed by atoms with Crippen molar-refractivity contribution >= 4 is 11.3 Å². The predicted octanol–water partition coefficient (Wildman–Crippen LogP) is 3.50. The fraction of sp³-hybridized carbons (Fsp3) is 0.615. The largest absolute Gasteiger partial charge is 0.292 e. The van der Waals surface area contributed by atoms with Gasteiger partial charge in [-0.2, -0.15) is 5.26 Å². The van der Waals surface area contributed by atoms with Gasteiger partial charge in [-0.25, -0.2) is 0 Å². The minimum atomic E-state index is 0.389. The number of hydrogen-bond acceptors (Lipinski definition) is 3. The van der Waals surface area contributed by atoms with Crippen molar-refractivity contribution in [3.63, 3.8) is 0 Å². The molecular formula is C13H18N2S. The Bertz CT molecular complexity index is 391. The lowest BCUT2D eigenvalue weighted by molar-refractivity contribution is 0.197. The van der Waals surface area contributed by atoms with Crippen LogP contribution in [0, 0.1) is 18.3 Å². The normalized spacial score (nSPS) is 23.2. The lowest BCUT2D eigenvalue weighted by Crippen LogP contribution is -2.31. The summed E-state index contributed by atoms with van der Waals surface area (Å²) in [5, 5.41) is 8.78. The van der Waals surface area contributed by atoms with Gasteiger partial charge in [-0.3, -0.25) is 4.90 Å². The summed E-state index contributed by atoms with van der Waals surface area (Å²) in [6.45, 7) is 5.47. The van der Waals surface area contributed by atoms with Crippen molar-refractivity contribution < 1.29 is 0 Å². The summed E-state index contributed by atoms with van der Waals surface area (Å²) in [4.78, 5) is 5.35. The second-order valence-electron chi connectivity index (χ2n) is 4.56. The molecule has 1 aliphatic heterocycles. The first-order chi connectivity index (χ1) is 7.72. The molecular weight excluding hydrogens is 216 g/mol. The first-order valence-corrected chi connectivity index (χ1v) is 6.73. The summed E-state index contributed by atoms with van der Waals surface area (Å²) in [5.74, 6) is 0. The molecule has 0 aromatic carbocycles. The molecule has 1 aliphatic rings. The molecule has 0 spiro atoms. The highest BCUT2D eigenvalue weighted by molar-refractivity contribution is 7.12. The number of thiophene rings is 1. The van der Waals surface area contributed by atoms with E-state index in [1.165, 1.54) is 22.6 Å². The van der Waals surface area contributed by atoms with Crippen LogP contribution < -0.4 is 0 Å². The van der Waals surface area contributed by atoms with E-state index in [1.54, 1.807) is 0 Å². The number of hydrogen-bond donors (Lipinski definition) is 0. The van der Waals surface area contributed by atoms with Crippen molar-refractivity contribution in [2.24, 2.45) is 0 Å². The minimum Gasteiger partial charge on any atom is -0.292 e. The molecule has 1 saturated heterocycles. The predicted molar refractivity (Wildman–Crippen MR) is 67.4 cm³/mol. The van der Waals surface area contributed by atoms with Gasteiger partial charge in [0.2, 0.25) is 0 Å². The first-order valence-electron chi connectivity index (χ1n) is 5.91. The summed E-state index contributed by atoms with van der Waals surface area (Å²) in [5.41, 5.74) is 0. The number of nitriles is 1. The average molecular weight is 234 g/mol. The van der Waals surface area contributed by atoms with E-state index >= 15 is 0 Å². The maximum absolute atomic E-state index is 8.78. The summed E-state index contributed by atoms with van der Waals surface area (Å²) in [7, 11) is 0. The van der Waals surface area contributed by atoms with Crippen molar-refractivity contribution in [1.82, 2.24) is 4.90 Å². The highest BCUT2D eigenvalue weighted by Gasteiger charge is 2.30. The Morgan fingerprint density at radius 3 is 3.06 bits per heavy atom. The van der Waals surface area contributed by atoms with Crippen LogP contribution in [0.3, 0.4) is 0 Å². The fourth-order valence-electron chi connectivity index (χ4n) is 2.50. The van der Waals surface area contributed by atoms with E-state index < -0.39 is 0 Å². The number of likely N-dealkylation sites (tertiary alicyclic amines) is 1. The Hall–Kier alpha value is -0.850. The molecule has 0 saturated carbocycles. The highest BCUT2D eigenvalue weighted by atomic mass is 32.1. The summed E-state index contributed by atoms with van der Waals surface area (Å²) < 4.78 is 0. The molecule has 2 atom stereocenters. The van der Waals surface area contributed by atoms with Gasteiger partial charge in [0.25, 0.3) is 0 Å². The third-order valence-electron chi connectivity index (χ3n) is 3.34. The molecule has 2 nitrogen and oxygen atoms in total.